The second-order valence-corrected chi connectivity index (χ2v) is 4.63. The van der Waals surface area contributed by atoms with Crippen molar-refractivity contribution in [3.05, 3.63) is 0 Å². The van der Waals surface area contributed by atoms with Crippen LogP contribution in [0, 0.1) is 0 Å². The van der Waals surface area contributed by atoms with Gasteiger partial charge in [-0.1, -0.05) is 6.92 Å². The first kappa shape index (κ1) is 17.2. The van der Waals surface area contributed by atoms with Crippen LogP contribution in [0.3, 0.4) is 0 Å². The van der Waals surface area contributed by atoms with E-state index in [2.05, 4.69) is 5.32 Å². The van der Waals surface area contributed by atoms with Crippen LogP contribution in [0.1, 0.15) is 27.7 Å². The standard InChI is InChI=1S/C11H22F3N3O/c1-5-17(6-9(18)16-7(2)3)10(8(4)15)11(12,13)14/h7-8,10H,5-6,15H2,1-4H3,(H,16,18). The molecule has 0 aromatic heterocycles. The summed E-state index contributed by atoms with van der Waals surface area (Å²) in [6, 6.07) is -2.99. The number of carbonyl (C=O) groups excluding carboxylic acids is 1. The molecule has 0 saturated heterocycles. The van der Waals surface area contributed by atoms with Gasteiger partial charge >= 0.3 is 6.18 Å². The molecule has 1 amide bonds. The molecule has 2 atom stereocenters. The molecule has 0 aromatic rings. The molecule has 0 radical (unpaired) electrons. The van der Waals surface area contributed by atoms with E-state index in [1.165, 1.54) is 6.92 Å². The van der Waals surface area contributed by atoms with E-state index in [9.17, 15) is 18.0 Å². The van der Waals surface area contributed by atoms with Gasteiger partial charge in [-0.2, -0.15) is 13.2 Å². The van der Waals surface area contributed by atoms with Crippen LogP contribution in [0.5, 0.6) is 0 Å². The molecule has 0 spiro atoms. The molecule has 0 saturated carbocycles. The number of nitrogens with two attached hydrogens (primary N) is 1. The van der Waals surface area contributed by atoms with Gasteiger partial charge < -0.3 is 11.1 Å². The third kappa shape index (κ3) is 5.68. The van der Waals surface area contributed by atoms with Crippen LogP contribution in [0.25, 0.3) is 0 Å². The van der Waals surface area contributed by atoms with E-state index < -0.39 is 24.2 Å². The second kappa shape index (κ2) is 6.94. The van der Waals surface area contributed by atoms with Crippen molar-refractivity contribution in [1.82, 2.24) is 10.2 Å². The lowest BCUT2D eigenvalue weighted by Gasteiger charge is -2.34. The summed E-state index contributed by atoms with van der Waals surface area (Å²) in [5, 5.41) is 2.56. The van der Waals surface area contributed by atoms with Gasteiger partial charge in [-0.05, 0) is 27.3 Å². The number of likely N-dealkylation sites (N-methyl/N-ethyl adjacent to an activating group) is 1. The molecular formula is C11H22F3N3O. The van der Waals surface area contributed by atoms with Crippen molar-refractivity contribution in [2.75, 3.05) is 13.1 Å². The third-order valence-electron chi connectivity index (χ3n) is 2.43. The van der Waals surface area contributed by atoms with E-state index in [0.717, 1.165) is 4.90 Å². The minimum absolute atomic E-state index is 0.101. The molecule has 108 valence electrons. The monoisotopic (exact) mass is 269 g/mol. The molecule has 0 rings (SSSR count). The van der Waals surface area contributed by atoms with E-state index in [0.29, 0.717) is 0 Å². The lowest BCUT2D eigenvalue weighted by atomic mass is 10.1. The van der Waals surface area contributed by atoms with Gasteiger partial charge in [0.25, 0.3) is 0 Å². The van der Waals surface area contributed by atoms with Gasteiger partial charge in [-0.25, -0.2) is 0 Å². The van der Waals surface area contributed by atoms with E-state index >= 15 is 0 Å². The summed E-state index contributed by atoms with van der Waals surface area (Å²) >= 11 is 0. The van der Waals surface area contributed by atoms with E-state index in [4.69, 9.17) is 5.73 Å². The Bertz CT molecular complexity index is 267. The normalized spacial score (nSPS) is 15.9. The molecule has 0 heterocycles. The van der Waals surface area contributed by atoms with Gasteiger partial charge in [0.15, 0.2) is 0 Å². The fraction of sp³-hybridized carbons (Fsp3) is 0.909. The van der Waals surface area contributed by atoms with Crippen LogP contribution in [-0.4, -0.2) is 48.2 Å². The summed E-state index contributed by atoms with van der Waals surface area (Å²) in [6.45, 7) is 6.17. The smallest absolute Gasteiger partial charge is 0.353 e. The molecule has 0 fully saturated rings. The Balaban J connectivity index is 4.77. The van der Waals surface area contributed by atoms with Crippen molar-refractivity contribution < 1.29 is 18.0 Å². The van der Waals surface area contributed by atoms with Crippen LogP contribution >= 0.6 is 0 Å². The summed E-state index contributed by atoms with van der Waals surface area (Å²) < 4.78 is 38.6. The SMILES string of the molecule is CCN(CC(=O)NC(C)C)C(C(C)N)C(F)(F)F. The third-order valence-corrected chi connectivity index (χ3v) is 2.43. The summed E-state index contributed by atoms with van der Waals surface area (Å²) in [5.74, 6) is -0.429. The van der Waals surface area contributed by atoms with Crippen molar-refractivity contribution in [3.63, 3.8) is 0 Å². The molecule has 2 unspecified atom stereocenters. The number of carbonyl (C=O) groups is 1. The highest BCUT2D eigenvalue weighted by atomic mass is 19.4. The first-order valence-electron chi connectivity index (χ1n) is 5.95. The summed E-state index contributed by atoms with van der Waals surface area (Å²) in [6.07, 6.45) is -4.44. The highest BCUT2D eigenvalue weighted by Gasteiger charge is 2.45. The molecule has 0 aliphatic carbocycles. The fourth-order valence-corrected chi connectivity index (χ4v) is 1.80. The quantitative estimate of drug-likeness (QED) is 0.759. The maximum absolute atomic E-state index is 12.9. The topological polar surface area (TPSA) is 58.4 Å². The van der Waals surface area contributed by atoms with Gasteiger partial charge in [0.1, 0.15) is 6.04 Å². The predicted octanol–water partition coefficient (Wildman–Crippen LogP) is 1.11. The Kier molecular flexibility index (Phi) is 6.62. The molecule has 7 heteroatoms. The largest absolute Gasteiger partial charge is 0.405 e. The van der Waals surface area contributed by atoms with Crippen molar-refractivity contribution in [2.24, 2.45) is 5.73 Å². The fourth-order valence-electron chi connectivity index (χ4n) is 1.80. The molecular weight excluding hydrogens is 247 g/mol. The first-order valence-corrected chi connectivity index (χ1v) is 5.95. The van der Waals surface area contributed by atoms with E-state index in [1.807, 2.05) is 0 Å². The molecule has 0 aromatic carbocycles. The van der Waals surface area contributed by atoms with Gasteiger partial charge in [-0.15, -0.1) is 0 Å². The average Bonchev–Trinajstić information content (AvgIpc) is 2.12. The number of amides is 1. The second-order valence-electron chi connectivity index (χ2n) is 4.63. The van der Waals surface area contributed by atoms with Crippen molar-refractivity contribution in [2.45, 2.75) is 52.0 Å². The number of nitrogens with zero attached hydrogens (tertiary/aromatic N) is 1. The number of hydrogen-bond donors (Lipinski definition) is 2. The number of alkyl halides is 3. The Hall–Kier alpha value is -0.820. The van der Waals surface area contributed by atoms with Crippen LogP contribution < -0.4 is 11.1 Å². The summed E-state index contributed by atoms with van der Waals surface area (Å²) in [5.41, 5.74) is 5.38. The zero-order valence-corrected chi connectivity index (χ0v) is 11.2. The molecule has 4 nitrogen and oxygen atoms in total. The highest BCUT2D eigenvalue weighted by molar-refractivity contribution is 5.78. The van der Waals surface area contributed by atoms with Crippen molar-refractivity contribution in [1.29, 1.82) is 0 Å². The number of nitrogens with one attached hydrogen (secondary N) is 1. The Morgan fingerprint density at radius 3 is 2.11 bits per heavy atom. The molecule has 0 aliphatic rings. The number of hydrogen-bond acceptors (Lipinski definition) is 3. The highest BCUT2D eigenvalue weighted by Crippen LogP contribution is 2.26. The van der Waals surface area contributed by atoms with E-state index in [1.54, 1.807) is 20.8 Å². The van der Waals surface area contributed by atoms with Gasteiger partial charge in [-0.3, -0.25) is 9.69 Å². The van der Waals surface area contributed by atoms with Gasteiger partial charge in [0, 0.05) is 12.1 Å². The first-order chi connectivity index (χ1) is 8.09. The van der Waals surface area contributed by atoms with Crippen molar-refractivity contribution >= 4 is 5.91 Å². The molecule has 3 N–H and O–H groups in total. The number of rotatable bonds is 6. The minimum atomic E-state index is -4.44. The lowest BCUT2D eigenvalue weighted by molar-refractivity contribution is -0.188. The maximum atomic E-state index is 12.9. The Labute approximate surface area is 106 Å². The van der Waals surface area contributed by atoms with E-state index in [-0.39, 0.29) is 19.1 Å². The Morgan fingerprint density at radius 2 is 1.83 bits per heavy atom. The molecule has 0 aliphatic heterocycles. The van der Waals surface area contributed by atoms with Crippen LogP contribution in [0.2, 0.25) is 0 Å². The lowest BCUT2D eigenvalue weighted by Crippen LogP contribution is -2.57. The summed E-state index contributed by atoms with van der Waals surface area (Å²) in [7, 11) is 0. The maximum Gasteiger partial charge on any atom is 0.405 e. The van der Waals surface area contributed by atoms with Gasteiger partial charge in [0.2, 0.25) is 5.91 Å². The predicted molar refractivity (Wildman–Crippen MR) is 64.0 cm³/mol. The number of halogens is 3. The minimum Gasteiger partial charge on any atom is -0.353 e. The van der Waals surface area contributed by atoms with Crippen LogP contribution in [0.15, 0.2) is 0 Å². The van der Waals surface area contributed by atoms with Crippen LogP contribution in [-0.2, 0) is 4.79 Å². The molecule has 0 bridgehead atoms. The Morgan fingerprint density at radius 1 is 1.33 bits per heavy atom. The zero-order chi connectivity index (χ0) is 14.5. The molecule has 18 heavy (non-hydrogen) atoms. The average molecular weight is 269 g/mol. The van der Waals surface area contributed by atoms with Gasteiger partial charge in [0.05, 0.1) is 6.54 Å². The summed E-state index contributed by atoms with van der Waals surface area (Å²) in [4.78, 5) is 12.6. The van der Waals surface area contributed by atoms with Crippen molar-refractivity contribution in [3.8, 4) is 0 Å². The van der Waals surface area contributed by atoms with Crippen LogP contribution in [0.4, 0.5) is 13.2 Å². The zero-order valence-electron chi connectivity index (χ0n) is 11.2.